The first-order valence-electron chi connectivity index (χ1n) is 10.8. The van der Waals surface area contributed by atoms with Crippen molar-refractivity contribution in [2.75, 3.05) is 13.7 Å². The molecule has 3 aliphatic heterocycles. The molecule has 7 unspecified atom stereocenters. The van der Waals surface area contributed by atoms with Crippen LogP contribution in [0.2, 0.25) is 0 Å². The van der Waals surface area contributed by atoms with E-state index in [-0.39, 0.29) is 18.3 Å². The van der Waals surface area contributed by atoms with Crippen LogP contribution in [-0.4, -0.2) is 77.9 Å². The summed E-state index contributed by atoms with van der Waals surface area (Å²) in [4.78, 5) is 12.7. The summed E-state index contributed by atoms with van der Waals surface area (Å²) in [5, 5.41) is 29.3. The van der Waals surface area contributed by atoms with Crippen molar-refractivity contribution in [2.45, 2.75) is 81.9 Å². The number of esters is 1. The van der Waals surface area contributed by atoms with Crippen LogP contribution in [0.3, 0.4) is 0 Å². The lowest BCUT2D eigenvalue weighted by Gasteiger charge is -2.32. The van der Waals surface area contributed by atoms with Crippen molar-refractivity contribution < 1.29 is 43.8 Å². The van der Waals surface area contributed by atoms with Gasteiger partial charge in [-0.2, -0.15) is 0 Å². The van der Waals surface area contributed by atoms with Crippen LogP contribution >= 0.6 is 0 Å². The van der Waals surface area contributed by atoms with Crippen molar-refractivity contribution in [3.8, 4) is 11.5 Å². The van der Waals surface area contributed by atoms with Gasteiger partial charge in [0, 0.05) is 18.9 Å². The Labute approximate surface area is 180 Å². The van der Waals surface area contributed by atoms with Gasteiger partial charge >= 0.3 is 5.97 Å². The third-order valence-corrected chi connectivity index (χ3v) is 6.14. The molecule has 0 aliphatic carbocycles. The fourth-order valence-corrected chi connectivity index (χ4v) is 4.56. The second kappa shape index (κ2) is 9.30. The van der Waals surface area contributed by atoms with Crippen LogP contribution in [0.25, 0.3) is 0 Å². The van der Waals surface area contributed by atoms with Gasteiger partial charge in [0.25, 0.3) is 0 Å². The highest BCUT2D eigenvalue weighted by Gasteiger charge is 2.44. The molecular weight excluding hydrogens is 408 g/mol. The van der Waals surface area contributed by atoms with Gasteiger partial charge in [-0.25, -0.2) is 4.79 Å². The molecular formula is C22H30O9. The number of aliphatic hydroxyl groups excluding tert-OH is 3. The van der Waals surface area contributed by atoms with Gasteiger partial charge in [0.15, 0.2) is 0 Å². The third-order valence-electron chi connectivity index (χ3n) is 6.14. The molecule has 3 N–H and O–H groups in total. The Kier molecular flexibility index (Phi) is 6.68. The average Bonchev–Trinajstić information content (AvgIpc) is 3.00. The maximum atomic E-state index is 12.7. The molecule has 0 spiro atoms. The SMILES string of the molecule is COc1cc(OC2OC(CO)C(O)C2O)cc2c1C(=O)OC(CC1CCCC(C)O1)C2. The number of aliphatic hydroxyl groups is 3. The van der Waals surface area contributed by atoms with E-state index in [4.69, 9.17) is 23.7 Å². The van der Waals surface area contributed by atoms with Crippen LogP contribution in [-0.2, 0) is 20.6 Å². The van der Waals surface area contributed by atoms with E-state index in [1.165, 1.54) is 13.2 Å². The van der Waals surface area contributed by atoms with Crippen molar-refractivity contribution in [1.82, 2.24) is 0 Å². The summed E-state index contributed by atoms with van der Waals surface area (Å²) in [6.07, 6.45) is -0.514. The first kappa shape index (κ1) is 22.3. The Bertz CT molecular complexity index is 797. The van der Waals surface area contributed by atoms with E-state index in [2.05, 4.69) is 6.92 Å². The second-order valence-electron chi connectivity index (χ2n) is 8.45. The van der Waals surface area contributed by atoms with E-state index >= 15 is 0 Å². The van der Waals surface area contributed by atoms with Crippen LogP contribution in [0.4, 0.5) is 0 Å². The number of hydrogen-bond donors (Lipinski definition) is 3. The van der Waals surface area contributed by atoms with E-state index in [9.17, 15) is 20.1 Å². The van der Waals surface area contributed by atoms with Crippen LogP contribution in [0.1, 0.15) is 48.5 Å². The maximum absolute atomic E-state index is 12.7. The molecule has 0 saturated carbocycles. The van der Waals surface area contributed by atoms with Crippen molar-refractivity contribution in [1.29, 1.82) is 0 Å². The molecule has 9 heteroatoms. The lowest BCUT2D eigenvalue weighted by atomic mass is 9.92. The number of carbonyl (C=O) groups excluding carboxylic acids is 1. The first-order valence-corrected chi connectivity index (χ1v) is 10.8. The normalized spacial score (nSPS) is 35.4. The Morgan fingerprint density at radius 3 is 2.61 bits per heavy atom. The Balaban J connectivity index is 1.52. The third kappa shape index (κ3) is 4.65. The highest BCUT2D eigenvalue weighted by Crippen LogP contribution is 2.36. The number of benzene rings is 1. The molecule has 172 valence electrons. The van der Waals surface area contributed by atoms with Gasteiger partial charge in [0.2, 0.25) is 6.29 Å². The van der Waals surface area contributed by atoms with E-state index < -0.39 is 37.2 Å². The smallest absolute Gasteiger partial charge is 0.342 e. The molecule has 4 rings (SSSR count). The minimum absolute atomic E-state index is 0.0587. The molecule has 0 aromatic heterocycles. The Morgan fingerprint density at radius 2 is 1.94 bits per heavy atom. The van der Waals surface area contributed by atoms with Gasteiger partial charge in [-0.15, -0.1) is 0 Å². The number of ether oxygens (including phenoxy) is 5. The van der Waals surface area contributed by atoms with Crippen molar-refractivity contribution in [3.05, 3.63) is 23.3 Å². The highest BCUT2D eigenvalue weighted by molar-refractivity contribution is 5.95. The number of cyclic esters (lactones) is 1. The molecule has 9 nitrogen and oxygen atoms in total. The van der Waals surface area contributed by atoms with Gasteiger partial charge in [0.05, 0.1) is 25.9 Å². The fourth-order valence-electron chi connectivity index (χ4n) is 4.56. The summed E-state index contributed by atoms with van der Waals surface area (Å²) >= 11 is 0. The number of hydrogen-bond acceptors (Lipinski definition) is 9. The molecule has 0 amide bonds. The zero-order valence-electron chi connectivity index (χ0n) is 17.7. The maximum Gasteiger partial charge on any atom is 0.342 e. The molecule has 1 aromatic rings. The number of rotatable bonds is 6. The van der Waals surface area contributed by atoms with E-state index in [1.807, 2.05) is 0 Å². The Hall–Kier alpha value is -1.91. The second-order valence-corrected chi connectivity index (χ2v) is 8.45. The molecule has 7 atom stereocenters. The molecule has 31 heavy (non-hydrogen) atoms. The molecule has 2 saturated heterocycles. The quantitative estimate of drug-likeness (QED) is 0.557. The predicted octanol–water partition coefficient (Wildman–Crippen LogP) is 0.942. The molecule has 1 aromatic carbocycles. The van der Waals surface area contributed by atoms with Crippen molar-refractivity contribution in [3.63, 3.8) is 0 Å². The van der Waals surface area contributed by atoms with Crippen molar-refractivity contribution in [2.24, 2.45) is 0 Å². The molecule has 3 heterocycles. The fraction of sp³-hybridized carbons (Fsp3) is 0.682. The largest absolute Gasteiger partial charge is 0.496 e. The monoisotopic (exact) mass is 438 g/mol. The number of fused-ring (bicyclic) bond motifs is 1. The topological polar surface area (TPSA) is 124 Å². The van der Waals surface area contributed by atoms with Gasteiger partial charge in [-0.3, -0.25) is 0 Å². The van der Waals surface area contributed by atoms with Crippen LogP contribution in [0.5, 0.6) is 11.5 Å². The average molecular weight is 438 g/mol. The lowest BCUT2D eigenvalue weighted by Crippen LogP contribution is -2.36. The first-order chi connectivity index (χ1) is 14.9. The Morgan fingerprint density at radius 1 is 1.13 bits per heavy atom. The van der Waals surface area contributed by atoms with E-state index in [0.29, 0.717) is 35.5 Å². The van der Waals surface area contributed by atoms with Gasteiger partial charge in [0.1, 0.15) is 41.5 Å². The standard InChI is InChI=1S/C22H30O9/c1-11-4-3-5-13(28-11)8-14-6-12-7-15(9-16(27-2)18(12)21(26)29-14)30-22-20(25)19(24)17(10-23)31-22/h7,9,11,13-14,17,19-20,22-25H,3-6,8,10H2,1-2H3. The van der Waals surface area contributed by atoms with Gasteiger partial charge < -0.3 is 39.0 Å². The number of carbonyl (C=O) groups is 1. The summed E-state index contributed by atoms with van der Waals surface area (Å²) in [6, 6.07) is 3.21. The van der Waals surface area contributed by atoms with E-state index in [0.717, 1.165) is 19.3 Å². The molecule has 3 aliphatic rings. The summed E-state index contributed by atoms with van der Waals surface area (Å²) in [5.41, 5.74) is 1.07. The number of methoxy groups -OCH3 is 1. The van der Waals surface area contributed by atoms with Crippen LogP contribution in [0.15, 0.2) is 12.1 Å². The summed E-state index contributed by atoms with van der Waals surface area (Å²) < 4.78 is 28.1. The zero-order chi connectivity index (χ0) is 22.1. The summed E-state index contributed by atoms with van der Waals surface area (Å²) in [7, 11) is 1.45. The molecule has 2 fully saturated rings. The molecule has 0 radical (unpaired) electrons. The van der Waals surface area contributed by atoms with E-state index in [1.54, 1.807) is 6.07 Å². The van der Waals surface area contributed by atoms with Gasteiger partial charge in [-0.1, -0.05) is 0 Å². The van der Waals surface area contributed by atoms with Crippen molar-refractivity contribution >= 4 is 5.97 Å². The minimum Gasteiger partial charge on any atom is -0.496 e. The molecule has 0 bridgehead atoms. The van der Waals surface area contributed by atoms with Crippen LogP contribution in [0, 0.1) is 0 Å². The highest BCUT2D eigenvalue weighted by atomic mass is 16.7. The van der Waals surface area contributed by atoms with Gasteiger partial charge in [-0.05, 0) is 37.8 Å². The summed E-state index contributed by atoms with van der Waals surface area (Å²) in [6.45, 7) is 1.61. The predicted molar refractivity (Wildman–Crippen MR) is 107 cm³/mol. The lowest BCUT2D eigenvalue weighted by molar-refractivity contribution is -0.116. The van der Waals surface area contributed by atoms with Crippen LogP contribution < -0.4 is 9.47 Å². The zero-order valence-corrected chi connectivity index (χ0v) is 17.7. The minimum atomic E-state index is -1.32. The summed E-state index contributed by atoms with van der Waals surface area (Å²) in [5.74, 6) is 0.165.